The second kappa shape index (κ2) is 6.98. The summed E-state index contributed by atoms with van der Waals surface area (Å²) in [6, 6.07) is 7.94. The minimum atomic E-state index is 0.0938. The first kappa shape index (κ1) is 14.4. The molecule has 1 heterocycles. The number of benzene rings is 1. The topological polar surface area (TPSA) is 62.4 Å². The van der Waals surface area contributed by atoms with Gasteiger partial charge in [-0.05, 0) is 19.1 Å². The summed E-state index contributed by atoms with van der Waals surface area (Å²) in [5, 5.41) is 13.0. The molecule has 5 nitrogen and oxygen atoms in total. The second-order valence-electron chi connectivity index (χ2n) is 4.63. The van der Waals surface area contributed by atoms with E-state index in [0.717, 1.165) is 5.56 Å². The summed E-state index contributed by atoms with van der Waals surface area (Å²) < 4.78 is 5.27. The summed E-state index contributed by atoms with van der Waals surface area (Å²) in [5.74, 6) is 1.12. The number of rotatable bonds is 7. The summed E-state index contributed by atoms with van der Waals surface area (Å²) in [6.07, 6.45) is 1.79. The van der Waals surface area contributed by atoms with E-state index < -0.39 is 0 Å². The van der Waals surface area contributed by atoms with Gasteiger partial charge in [0, 0.05) is 18.7 Å². The van der Waals surface area contributed by atoms with Crippen molar-refractivity contribution in [1.82, 2.24) is 15.0 Å². The van der Waals surface area contributed by atoms with Crippen molar-refractivity contribution >= 4 is 0 Å². The van der Waals surface area contributed by atoms with Crippen LogP contribution in [0.2, 0.25) is 0 Å². The number of hydrogen-bond donors (Lipinski definition) is 1. The van der Waals surface area contributed by atoms with Gasteiger partial charge in [-0.15, -0.1) is 6.58 Å². The van der Waals surface area contributed by atoms with Gasteiger partial charge in [0.05, 0.1) is 13.2 Å². The SMILES string of the molecule is C=CCN(CCO)Cc1noc(-c2ccc(C)cc2)n1. The van der Waals surface area contributed by atoms with Gasteiger partial charge in [-0.1, -0.05) is 28.9 Å². The molecule has 1 N–H and O–H groups in total. The van der Waals surface area contributed by atoms with E-state index in [1.807, 2.05) is 36.1 Å². The Morgan fingerprint density at radius 2 is 2.10 bits per heavy atom. The van der Waals surface area contributed by atoms with Gasteiger partial charge >= 0.3 is 0 Å². The fourth-order valence-electron chi connectivity index (χ4n) is 1.89. The maximum atomic E-state index is 9.01. The highest BCUT2D eigenvalue weighted by Gasteiger charge is 2.11. The molecule has 0 bridgehead atoms. The zero-order chi connectivity index (χ0) is 14.4. The summed E-state index contributed by atoms with van der Waals surface area (Å²) >= 11 is 0. The van der Waals surface area contributed by atoms with Crippen LogP contribution in [0.4, 0.5) is 0 Å². The van der Waals surface area contributed by atoms with Gasteiger partial charge in [-0.3, -0.25) is 4.90 Å². The van der Waals surface area contributed by atoms with Crippen molar-refractivity contribution in [2.45, 2.75) is 13.5 Å². The zero-order valence-electron chi connectivity index (χ0n) is 11.6. The molecule has 0 saturated heterocycles. The molecule has 1 aromatic carbocycles. The van der Waals surface area contributed by atoms with Crippen LogP contribution in [0.1, 0.15) is 11.4 Å². The minimum absolute atomic E-state index is 0.0938. The molecule has 1 aromatic heterocycles. The average Bonchev–Trinajstić information content (AvgIpc) is 2.89. The van der Waals surface area contributed by atoms with Gasteiger partial charge in [-0.25, -0.2) is 0 Å². The van der Waals surface area contributed by atoms with Crippen molar-refractivity contribution in [2.75, 3.05) is 19.7 Å². The average molecular weight is 273 g/mol. The van der Waals surface area contributed by atoms with Gasteiger partial charge in [0.1, 0.15) is 0 Å². The Morgan fingerprint density at radius 1 is 1.35 bits per heavy atom. The highest BCUT2D eigenvalue weighted by Crippen LogP contribution is 2.17. The number of aryl methyl sites for hydroxylation is 1. The van der Waals surface area contributed by atoms with Crippen molar-refractivity contribution in [3.05, 3.63) is 48.3 Å². The van der Waals surface area contributed by atoms with E-state index >= 15 is 0 Å². The fourth-order valence-corrected chi connectivity index (χ4v) is 1.89. The Kier molecular flexibility index (Phi) is 5.03. The van der Waals surface area contributed by atoms with Crippen LogP contribution in [0.15, 0.2) is 41.4 Å². The van der Waals surface area contributed by atoms with Crippen LogP contribution in [0, 0.1) is 6.92 Å². The monoisotopic (exact) mass is 273 g/mol. The molecule has 0 fully saturated rings. The van der Waals surface area contributed by atoms with Crippen LogP contribution in [-0.2, 0) is 6.54 Å². The Labute approximate surface area is 118 Å². The molecular formula is C15H19N3O2. The Bertz CT molecular complexity index is 549. The van der Waals surface area contributed by atoms with E-state index in [2.05, 4.69) is 16.7 Å². The normalized spacial score (nSPS) is 10.9. The lowest BCUT2D eigenvalue weighted by Gasteiger charge is -2.16. The van der Waals surface area contributed by atoms with Crippen molar-refractivity contribution in [1.29, 1.82) is 0 Å². The molecule has 20 heavy (non-hydrogen) atoms. The molecular weight excluding hydrogens is 254 g/mol. The van der Waals surface area contributed by atoms with Gasteiger partial charge in [-0.2, -0.15) is 4.98 Å². The van der Waals surface area contributed by atoms with E-state index in [1.54, 1.807) is 6.08 Å². The van der Waals surface area contributed by atoms with E-state index in [1.165, 1.54) is 5.56 Å². The molecule has 0 aliphatic heterocycles. The maximum absolute atomic E-state index is 9.01. The number of nitrogens with zero attached hydrogens (tertiary/aromatic N) is 3. The van der Waals surface area contributed by atoms with Crippen LogP contribution in [0.5, 0.6) is 0 Å². The summed E-state index contributed by atoms with van der Waals surface area (Å²) in [4.78, 5) is 6.38. The zero-order valence-corrected chi connectivity index (χ0v) is 11.6. The first-order valence-electron chi connectivity index (χ1n) is 6.56. The Morgan fingerprint density at radius 3 is 2.75 bits per heavy atom. The number of aliphatic hydroxyl groups excluding tert-OH is 1. The van der Waals surface area contributed by atoms with Gasteiger partial charge in [0.2, 0.25) is 0 Å². The van der Waals surface area contributed by atoms with Crippen LogP contribution in [0.3, 0.4) is 0 Å². The quantitative estimate of drug-likeness (QED) is 0.782. The lowest BCUT2D eigenvalue weighted by atomic mass is 10.1. The highest BCUT2D eigenvalue weighted by atomic mass is 16.5. The largest absolute Gasteiger partial charge is 0.395 e. The van der Waals surface area contributed by atoms with Crippen LogP contribution in [0.25, 0.3) is 11.5 Å². The van der Waals surface area contributed by atoms with Gasteiger partial charge < -0.3 is 9.63 Å². The van der Waals surface area contributed by atoms with Gasteiger partial charge in [0.15, 0.2) is 5.82 Å². The first-order chi connectivity index (χ1) is 9.72. The highest BCUT2D eigenvalue weighted by molar-refractivity contribution is 5.53. The molecule has 0 saturated carbocycles. The maximum Gasteiger partial charge on any atom is 0.257 e. The van der Waals surface area contributed by atoms with Crippen molar-refractivity contribution in [2.24, 2.45) is 0 Å². The Hall–Kier alpha value is -1.98. The third-order valence-electron chi connectivity index (χ3n) is 2.94. The minimum Gasteiger partial charge on any atom is -0.395 e. The molecule has 0 radical (unpaired) electrons. The molecule has 106 valence electrons. The lowest BCUT2D eigenvalue weighted by Crippen LogP contribution is -2.27. The second-order valence-corrected chi connectivity index (χ2v) is 4.63. The predicted octanol–water partition coefficient (Wildman–Crippen LogP) is 2.03. The standard InChI is InChI=1S/C15H19N3O2/c1-3-8-18(9-10-19)11-14-16-15(20-17-14)13-6-4-12(2)5-7-13/h3-7,19H,1,8-11H2,2H3. The molecule has 0 atom stereocenters. The number of aliphatic hydroxyl groups is 1. The number of hydrogen-bond acceptors (Lipinski definition) is 5. The van der Waals surface area contributed by atoms with E-state index in [0.29, 0.717) is 31.3 Å². The van der Waals surface area contributed by atoms with Crippen molar-refractivity contribution in [3.8, 4) is 11.5 Å². The molecule has 2 rings (SSSR count). The molecule has 0 spiro atoms. The fraction of sp³-hybridized carbons (Fsp3) is 0.333. The van der Waals surface area contributed by atoms with Crippen LogP contribution < -0.4 is 0 Å². The molecule has 0 unspecified atom stereocenters. The smallest absolute Gasteiger partial charge is 0.257 e. The first-order valence-corrected chi connectivity index (χ1v) is 6.56. The molecule has 2 aromatic rings. The Balaban J connectivity index is 2.08. The molecule has 0 amide bonds. The molecule has 0 aliphatic carbocycles. The lowest BCUT2D eigenvalue weighted by molar-refractivity contribution is 0.199. The third-order valence-corrected chi connectivity index (χ3v) is 2.94. The molecule has 5 heteroatoms. The molecule has 0 aliphatic rings. The summed E-state index contributed by atoms with van der Waals surface area (Å²) in [5.41, 5.74) is 2.10. The summed E-state index contributed by atoms with van der Waals surface area (Å²) in [7, 11) is 0. The van der Waals surface area contributed by atoms with Crippen molar-refractivity contribution < 1.29 is 9.63 Å². The predicted molar refractivity (Wildman–Crippen MR) is 77.0 cm³/mol. The van der Waals surface area contributed by atoms with Crippen LogP contribution >= 0.6 is 0 Å². The van der Waals surface area contributed by atoms with Crippen LogP contribution in [-0.4, -0.2) is 39.8 Å². The number of aromatic nitrogens is 2. The van der Waals surface area contributed by atoms with Crippen molar-refractivity contribution in [3.63, 3.8) is 0 Å². The van der Waals surface area contributed by atoms with Gasteiger partial charge in [0.25, 0.3) is 5.89 Å². The van der Waals surface area contributed by atoms with E-state index in [4.69, 9.17) is 9.63 Å². The summed E-state index contributed by atoms with van der Waals surface area (Å²) in [6.45, 7) is 7.59. The van der Waals surface area contributed by atoms with E-state index in [-0.39, 0.29) is 6.61 Å². The third kappa shape index (κ3) is 3.76. The van der Waals surface area contributed by atoms with E-state index in [9.17, 15) is 0 Å².